The van der Waals surface area contributed by atoms with E-state index in [1.807, 2.05) is 0 Å². The number of carbonyl (C=O) groups is 1. The van der Waals surface area contributed by atoms with Gasteiger partial charge in [-0.3, -0.25) is 4.79 Å². The number of phenols is 1. The number of aromatic nitrogens is 2. The van der Waals surface area contributed by atoms with Crippen molar-refractivity contribution in [1.29, 1.82) is 0 Å². The fourth-order valence-corrected chi connectivity index (χ4v) is 1.45. The van der Waals surface area contributed by atoms with Gasteiger partial charge in [0.1, 0.15) is 5.75 Å². The summed E-state index contributed by atoms with van der Waals surface area (Å²) in [7, 11) is 0. The van der Waals surface area contributed by atoms with E-state index in [1.165, 1.54) is 6.07 Å². The van der Waals surface area contributed by atoms with Crippen molar-refractivity contribution >= 4 is 17.6 Å². The number of nitrogens with zero attached hydrogens (tertiary/aromatic N) is 2. The molecule has 0 bridgehead atoms. The van der Waals surface area contributed by atoms with E-state index in [4.69, 9.17) is 5.11 Å². The molecule has 0 spiro atoms. The Labute approximate surface area is 103 Å². The zero-order chi connectivity index (χ0) is 13.0. The van der Waals surface area contributed by atoms with Crippen LogP contribution in [0.1, 0.15) is 5.56 Å². The van der Waals surface area contributed by atoms with Crippen LogP contribution in [0, 0.1) is 0 Å². The largest absolute Gasteiger partial charge is 0.506 e. The van der Waals surface area contributed by atoms with Gasteiger partial charge in [0.05, 0.1) is 12.1 Å². The first kappa shape index (κ1) is 11.8. The molecule has 1 aromatic carbocycles. The van der Waals surface area contributed by atoms with Gasteiger partial charge in [0.2, 0.25) is 5.95 Å². The van der Waals surface area contributed by atoms with Crippen molar-refractivity contribution in [1.82, 2.24) is 9.97 Å². The Morgan fingerprint density at radius 1 is 1.28 bits per heavy atom. The molecule has 6 heteroatoms. The molecule has 0 unspecified atom stereocenters. The van der Waals surface area contributed by atoms with Crippen LogP contribution < -0.4 is 5.32 Å². The van der Waals surface area contributed by atoms with Crippen LogP contribution in [0.2, 0.25) is 0 Å². The van der Waals surface area contributed by atoms with Crippen LogP contribution in [0.4, 0.5) is 11.6 Å². The van der Waals surface area contributed by atoms with Crippen molar-refractivity contribution in [3.05, 3.63) is 42.2 Å². The molecule has 0 fully saturated rings. The quantitative estimate of drug-likeness (QED) is 0.707. The lowest BCUT2D eigenvalue weighted by Crippen LogP contribution is -2.01. The molecule has 0 saturated heterocycles. The van der Waals surface area contributed by atoms with Crippen LogP contribution in [-0.2, 0) is 11.2 Å². The molecule has 0 radical (unpaired) electrons. The topological polar surface area (TPSA) is 95.3 Å². The normalized spacial score (nSPS) is 10.0. The van der Waals surface area contributed by atoms with Crippen LogP contribution in [0.5, 0.6) is 5.75 Å². The highest BCUT2D eigenvalue weighted by Crippen LogP contribution is 2.26. The lowest BCUT2D eigenvalue weighted by molar-refractivity contribution is -0.136. The highest BCUT2D eigenvalue weighted by atomic mass is 16.4. The predicted octanol–water partition coefficient (Wildman–Crippen LogP) is 1.55. The Balaban J connectivity index is 2.24. The number of aromatic hydroxyl groups is 1. The van der Waals surface area contributed by atoms with E-state index in [2.05, 4.69) is 15.3 Å². The predicted molar refractivity (Wildman–Crippen MR) is 64.8 cm³/mol. The van der Waals surface area contributed by atoms with Gasteiger partial charge in [-0.25, -0.2) is 9.97 Å². The summed E-state index contributed by atoms with van der Waals surface area (Å²) in [4.78, 5) is 18.5. The minimum Gasteiger partial charge on any atom is -0.506 e. The Morgan fingerprint density at radius 2 is 2.00 bits per heavy atom. The fraction of sp³-hybridized carbons (Fsp3) is 0.0833. The van der Waals surface area contributed by atoms with Gasteiger partial charge >= 0.3 is 5.97 Å². The van der Waals surface area contributed by atoms with E-state index in [-0.39, 0.29) is 12.2 Å². The summed E-state index contributed by atoms with van der Waals surface area (Å²) in [6.07, 6.45) is 3.02. The van der Waals surface area contributed by atoms with Crippen LogP contribution in [0.3, 0.4) is 0 Å². The Morgan fingerprint density at radius 3 is 2.67 bits per heavy atom. The molecule has 3 N–H and O–H groups in total. The van der Waals surface area contributed by atoms with E-state index >= 15 is 0 Å². The molecule has 92 valence electrons. The number of aliphatic carboxylic acids is 1. The van der Waals surface area contributed by atoms with Crippen molar-refractivity contribution < 1.29 is 15.0 Å². The first-order valence-electron chi connectivity index (χ1n) is 5.23. The molecule has 6 nitrogen and oxygen atoms in total. The van der Waals surface area contributed by atoms with Gasteiger partial charge < -0.3 is 15.5 Å². The van der Waals surface area contributed by atoms with E-state index in [0.29, 0.717) is 17.2 Å². The molecule has 0 aliphatic heterocycles. The molecule has 0 aliphatic rings. The van der Waals surface area contributed by atoms with Crippen molar-refractivity contribution in [2.45, 2.75) is 6.42 Å². The van der Waals surface area contributed by atoms with E-state index in [9.17, 15) is 9.90 Å². The van der Waals surface area contributed by atoms with Crippen molar-refractivity contribution in [3.8, 4) is 5.75 Å². The minimum absolute atomic E-state index is 0.0107. The van der Waals surface area contributed by atoms with Crippen molar-refractivity contribution in [2.75, 3.05) is 5.32 Å². The number of carboxylic acids is 1. The van der Waals surface area contributed by atoms with Crippen molar-refractivity contribution in [3.63, 3.8) is 0 Å². The zero-order valence-electron chi connectivity index (χ0n) is 9.37. The Kier molecular flexibility index (Phi) is 3.38. The molecule has 18 heavy (non-hydrogen) atoms. The van der Waals surface area contributed by atoms with Crippen LogP contribution in [-0.4, -0.2) is 26.2 Å². The molecule has 2 rings (SSSR count). The fourth-order valence-electron chi connectivity index (χ4n) is 1.45. The van der Waals surface area contributed by atoms with Gasteiger partial charge in [-0.2, -0.15) is 0 Å². The molecule has 0 aliphatic carbocycles. The number of carboxylic acid groups (broad SMARTS) is 1. The van der Waals surface area contributed by atoms with Gasteiger partial charge in [0, 0.05) is 12.4 Å². The monoisotopic (exact) mass is 245 g/mol. The Bertz CT molecular complexity index is 558. The SMILES string of the molecule is O=C(O)Cc1ccc(O)c(Nc2ncccn2)c1. The molecule has 1 aromatic heterocycles. The van der Waals surface area contributed by atoms with Gasteiger partial charge in [-0.15, -0.1) is 0 Å². The van der Waals surface area contributed by atoms with E-state index in [1.54, 1.807) is 30.6 Å². The lowest BCUT2D eigenvalue weighted by atomic mass is 10.1. The third-order valence-electron chi connectivity index (χ3n) is 2.23. The standard InChI is InChI=1S/C12H11N3O3/c16-10-3-2-8(7-11(17)18)6-9(10)15-12-13-4-1-5-14-12/h1-6,16H,7H2,(H,17,18)(H,13,14,15). The number of hydrogen-bond donors (Lipinski definition) is 3. The maximum Gasteiger partial charge on any atom is 0.307 e. The first-order valence-corrected chi connectivity index (χ1v) is 5.23. The first-order chi connectivity index (χ1) is 8.65. The third-order valence-corrected chi connectivity index (χ3v) is 2.23. The zero-order valence-corrected chi connectivity index (χ0v) is 9.37. The van der Waals surface area contributed by atoms with Gasteiger partial charge in [0.25, 0.3) is 0 Å². The third kappa shape index (κ3) is 2.94. The smallest absolute Gasteiger partial charge is 0.307 e. The van der Waals surface area contributed by atoms with Gasteiger partial charge in [-0.1, -0.05) is 6.07 Å². The van der Waals surface area contributed by atoms with E-state index < -0.39 is 5.97 Å². The van der Waals surface area contributed by atoms with Crippen LogP contribution in [0.15, 0.2) is 36.7 Å². The molecular weight excluding hydrogens is 234 g/mol. The number of phenolic OH excluding ortho intramolecular Hbond substituents is 1. The van der Waals surface area contributed by atoms with Crippen LogP contribution in [0.25, 0.3) is 0 Å². The average molecular weight is 245 g/mol. The summed E-state index contributed by atoms with van der Waals surface area (Å²) in [6, 6.07) is 6.22. The lowest BCUT2D eigenvalue weighted by Gasteiger charge is -2.08. The van der Waals surface area contributed by atoms with Gasteiger partial charge in [0.15, 0.2) is 0 Å². The maximum atomic E-state index is 10.6. The molecular formula is C12H11N3O3. The summed E-state index contributed by atoms with van der Waals surface area (Å²) >= 11 is 0. The van der Waals surface area contributed by atoms with Crippen LogP contribution >= 0.6 is 0 Å². The van der Waals surface area contributed by atoms with Gasteiger partial charge in [-0.05, 0) is 23.8 Å². The summed E-state index contributed by atoms with van der Waals surface area (Å²) < 4.78 is 0. The highest BCUT2D eigenvalue weighted by molar-refractivity contribution is 5.72. The second-order valence-corrected chi connectivity index (χ2v) is 3.62. The van der Waals surface area contributed by atoms with E-state index in [0.717, 1.165) is 0 Å². The second kappa shape index (κ2) is 5.13. The number of anilines is 2. The molecule has 0 atom stereocenters. The second-order valence-electron chi connectivity index (χ2n) is 3.62. The number of nitrogens with one attached hydrogen (secondary N) is 1. The van der Waals surface area contributed by atoms with Crippen molar-refractivity contribution in [2.24, 2.45) is 0 Å². The molecule has 1 heterocycles. The average Bonchev–Trinajstić information content (AvgIpc) is 2.34. The summed E-state index contributed by atoms with van der Waals surface area (Å²) in [5.41, 5.74) is 0.957. The maximum absolute atomic E-state index is 10.6. The molecule has 0 saturated carbocycles. The Hall–Kier alpha value is -2.63. The molecule has 2 aromatic rings. The number of hydrogen-bond acceptors (Lipinski definition) is 5. The summed E-state index contributed by atoms with van der Waals surface area (Å²) in [5, 5.41) is 21.2. The number of benzene rings is 1. The summed E-state index contributed by atoms with van der Waals surface area (Å²) in [5.74, 6) is -0.584. The number of rotatable bonds is 4. The minimum atomic E-state index is -0.928. The summed E-state index contributed by atoms with van der Waals surface area (Å²) in [6.45, 7) is 0. The molecule has 0 amide bonds. The highest BCUT2D eigenvalue weighted by Gasteiger charge is 2.07.